The van der Waals surface area contributed by atoms with Gasteiger partial charge in [0.05, 0.1) is 19.3 Å². The van der Waals surface area contributed by atoms with Crippen LogP contribution < -0.4 is 10.6 Å². The molecule has 6 heteroatoms. The van der Waals surface area contributed by atoms with Crippen LogP contribution in [0.5, 0.6) is 0 Å². The highest BCUT2D eigenvalue weighted by Gasteiger charge is 2.23. The summed E-state index contributed by atoms with van der Waals surface area (Å²) in [5.41, 5.74) is 7.91. The summed E-state index contributed by atoms with van der Waals surface area (Å²) < 4.78 is 5.50. The molecular formula is C14H20N2O2S2. The lowest BCUT2D eigenvalue weighted by Gasteiger charge is -2.35. The third kappa shape index (κ3) is 3.44. The molecule has 0 radical (unpaired) electrons. The van der Waals surface area contributed by atoms with Crippen LogP contribution in [0.4, 0.5) is 5.69 Å². The largest absolute Gasteiger partial charge is 0.394 e. The van der Waals surface area contributed by atoms with E-state index in [-0.39, 0.29) is 12.7 Å². The Balaban J connectivity index is 2.34. The second-order valence-corrected chi connectivity index (χ2v) is 6.31. The van der Waals surface area contributed by atoms with E-state index in [1.807, 2.05) is 12.1 Å². The molecule has 0 amide bonds. The quantitative estimate of drug-likeness (QED) is 0.637. The number of aliphatic hydroxyl groups excluding tert-OH is 1. The van der Waals surface area contributed by atoms with Crippen molar-refractivity contribution in [2.45, 2.75) is 17.9 Å². The number of aliphatic hydroxyl groups is 1. The minimum Gasteiger partial charge on any atom is -0.394 e. The second kappa shape index (κ2) is 7.26. The molecule has 4 nitrogen and oxygen atoms in total. The van der Waals surface area contributed by atoms with E-state index in [1.165, 1.54) is 0 Å². The van der Waals surface area contributed by atoms with Crippen LogP contribution in [0.2, 0.25) is 0 Å². The number of anilines is 1. The molecule has 1 aromatic rings. The maximum atomic E-state index is 9.27. The molecule has 1 aromatic carbocycles. The summed E-state index contributed by atoms with van der Waals surface area (Å²) in [6, 6.07) is 6.11. The average molecular weight is 312 g/mol. The lowest BCUT2D eigenvalue weighted by molar-refractivity contribution is 0.00355. The van der Waals surface area contributed by atoms with Crippen molar-refractivity contribution in [3.63, 3.8) is 0 Å². The predicted molar refractivity (Wildman–Crippen MR) is 87.8 cm³/mol. The fourth-order valence-electron chi connectivity index (χ4n) is 2.36. The first-order chi connectivity index (χ1) is 9.67. The molecule has 1 atom stereocenters. The van der Waals surface area contributed by atoms with Crippen molar-refractivity contribution in [2.24, 2.45) is 5.73 Å². The Morgan fingerprint density at radius 1 is 1.60 bits per heavy atom. The smallest absolute Gasteiger partial charge is 0.107 e. The molecule has 1 fully saturated rings. The normalized spacial score (nSPS) is 19.1. The number of hydrogen-bond donors (Lipinski definition) is 2. The number of thiocarbonyl (C=S) groups is 1. The van der Waals surface area contributed by atoms with E-state index in [0.717, 1.165) is 28.4 Å². The van der Waals surface area contributed by atoms with E-state index in [2.05, 4.69) is 17.9 Å². The van der Waals surface area contributed by atoms with Crippen molar-refractivity contribution in [1.82, 2.24) is 0 Å². The maximum absolute atomic E-state index is 9.27. The lowest BCUT2D eigenvalue weighted by Crippen LogP contribution is -2.44. The van der Waals surface area contributed by atoms with Crippen LogP contribution in [-0.2, 0) is 4.74 Å². The minimum atomic E-state index is -0.148. The van der Waals surface area contributed by atoms with Crippen LogP contribution in [0.25, 0.3) is 0 Å². The molecule has 1 aliphatic heterocycles. The van der Waals surface area contributed by atoms with Crippen molar-refractivity contribution >= 4 is 34.7 Å². The Hall–Kier alpha value is -0.820. The zero-order chi connectivity index (χ0) is 14.5. The number of ether oxygens (including phenoxy) is 1. The van der Waals surface area contributed by atoms with Gasteiger partial charge >= 0.3 is 0 Å². The summed E-state index contributed by atoms with van der Waals surface area (Å²) in [5.74, 6) is 0.974. The van der Waals surface area contributed by atoms with Crippen LogP contribution in [0.1, 0.15) is 12.5 Å². The number of thioether (sulfide) groups is 1. The topological polar surface area (TPSA) is 58.7 Å². The molecule has 2 rings (SSSR count). The molecule has 3 N–H and O–H groups in total. The van der Waals surface area contributed by atoms with Gasteiger partial charge in [0.1, 0.15) is 4.99 Å². The van der Waals surface area contributed by atoms with Gasteiger partial charge in [0.25, 0.3) is 0 Å². The Kier molecular flexibility index (Phi) is 5.65. The number of hydrogen-bond acceptors (Lipinski definition) is 5. The molecule has 0 bridgehead atoms. The zero-order valence-electron chi connectivity index (χ0n) is 11.5. The molecule has 1 saturated heterocycles. The molecular weight excluding hydrogens is 292 g/mol. The van der Waals surface area contributed by atoms with Gasteiger partial charge in [-0.05, 0) is 17.9 Å². The van der Waals surface area contributed by atoms with E-state index in [0.29, 0.717) is 18.1 Å². The molecule has 0 aromatic heterocycles. The number of morpholine rings is 1. The summed E-state index contributed by atoms with van der Waals surface area (Å²) in [7, 11) is 0. The Morgan fingerprint density at radius 2 is 2.40 bits per heavy atom. The third-order valence-corrected chi connectivity index (χ3v) is 4.38. The zero-order valence-corrected chi connectivity index (χ0v) is 13.2. The first-order valence-corrected chi connectivity index (χ1v) is 8.09. The van der Waals surface area contributed by atoms with Crippen molar-refractivity contribution in [3.8, 4) is 0 Å². The van der Waals surface area contributed by atoms with Gasteiger partial charge in [0.2, 0.25) is 0 Å². The van der Waals surface area contributed by atoms with Gasteiger partial charge in [0.15, 0.2) is 0 Å². The third-order valence-electron chi connectivity index (χ3n) is 3.23. The van der Waals surface area contributed by atoms with Gasteiger partial charge in [-0.3, -0.25) is 0 Å². The Labute approximate surface area is 129 Å². The monoisotopic (exact) mass is 312 g/mol. The molecule has 1 unspecified atom stereocenters. The molecule has 110 valence electrons. The van der Waals surface area contributed by atoms with Crippen LogP contribution in [0.15, 0.2) is 23.1 Å². The summed E-state index contributed by atoms with van der Waals surface area (Å²) in [6.07, 6.45) is -0.148. The van der Waals surface area contributed by atoms with Gasteiger partial charge in [-0.2, -0.15) is 0 Å². The van der Waals surface area contributed by atoms with E-state index >= 15 is 0 Å². The molecule has 0 spiro atoms. The SMILES string of the molecule is CCSc1cccc(N2CCOC(CO)C2)c1C(N)=S. The molecule has 1 heterocycles. The van der Waals surface area contributed by atoms with Gasteiger partial charge in [-0.25, -0.2) is 0 Å². The van der Waals surface area contributed by atoms with E-state index in [9.17, 15) is 5.11 Å². The number of nitrogens with two attached hydrogens (primary N) is 1. The fraction of sp³-hybridized carbons (Fsp3) is 0.500. The van der Waals surface area contributed by atoms with Crippen molar-refractivity contribution < 1.29 is 9.84 Å². The van der Waals surface area contributed by atoms with E-state index < -0.39 is 0 Å². The summed E-state index contributed by atoms with van der Waals surface area (Å²) >= 11 is 6.98. The standard InChI is InChI=1S/C14H20N2O2S2/c1-2-20-12-5-3-4-11(13(12)14(15)19)16-6-7-18-10(8-16)9-17/h3-5,10,17H,2,6-9H2,1H3,(H2,15,19). The van der Waals surface area contributed by atoms with Crippen molar-refractivity contribution in [3.05, 3.63) is 23.8 Å². The molecule has 1 aliphatic rings. The maximum Gasteiger partial charge on any atom is 0.107 e. The first-order valence-electron chi connectivity index (χ1n) is 6.70. The highest BCUT2D eigenvalue weighted by Crippen LogP contribution is 2.31. The molecule has 0 aliphatic carbocycles. The molecule has 20 heavy (non-hydrogen) atoms. The van der Waals surface area contributed by atoms with Gasteiger partial charge in [-0.1, -0.05) is 25.2 Å². The molecule has 0 saturated carbocycles. The number of nitrogens with zero attached hydrogens (tertiary/aromatic N) is 1. The highest BCUT2D eigenvalue weighted by atomic mass is 32.2. The first kappa shape index (κ1) is 15.6. The summed E-state index contributed by atoms with van der Waals surface area (Å²) in [4.78, 5) is 3.73. The predicted octanol–water partition coefficient (Wildman–Crippen LogP) is 1.63. The lowest BCUT2D eigenvalue weighted by atomic mass is 10.1. The minimum absolute atomic E-state index is 0.0301. The second-order valence-electron chi connectivity index (χ2n) is 4.57. The fourth-order valence-corrected chi connectivity index (χ4v) is 3.48. The van der Waals surface area contributed by atoms with E-state index in [1.54, 1.807) is 11.8 Å². The van der Waals surface area contributed by atoms with Crippen LogP contribution >= 0.6 is 24.0 Å². The Bertz CT molecular complexity index is 482. The number of rotatable bonds is 5. The van der Waals surface area contributed by atoms with E-state index in [4.69, 9.17) is 22.7 Å². The van der Waals surface area contributed by atoms with Crippen LogP contribution in [0.3, 0.4) is 0 Å². The van der Waals surface area contributed by atoms with Gasteiger partial charge < -0.3 is 20.5 Å². The highest BCUT2D eigenvalue weighted by molar-refractivity contribution is 7.99. The summed E-state index contributed by atoms with van der Waals surface area (Å²) in [5, 5.41) is 9.27. The number of benzene rings is 1. The van der Waals surface area contributed by atoms with Crippen molar-refractivity contribution in [2.75, 3.05) is 37.0 Å². The average Bonchev–Trinajstić information content (AvgIpc) is 2.47. The van der Waals surface area contributed by atoms with Crippen LogP contribution in [-0.4, -0.2) is 48.3 Å². The summed E-state index contributed by atoms with van der Waals surface area (Å²) in [6.45, 7) is 4.19. The Morgan fingerprint density at radius 3 is 3.05 bits per heavy atom. The van der Waals surface area contributed by atoms with Crippen LogP contribution in [0, 0.1) is 0 Å². The van der Waals surface area contributed by atoms with Gasteiger partial charge in [0, 0.05) is 29.2 Å². The van der Waals surface area contributed by atoms with Gasteiger partial charge in [-0.15, -0.1) is 11.8 Å². The van der Waals surface area contributed by atoms with Crippen molar-refractivity contribution in [1.29, 1.82) is 0 Å².